The third kappa shape index (κ3) is 5.06. The van der Waals surface area contributed by atoms with Crippen LogP contribution < -0.4 is 10.3 Å². The van der Waals surface area contributed by atoms with Crippen LogP contribution in [-0.2, 0) is 11.3 Å². The van der Waals surface area contributed by atoms with Crippen molar-refractivity contribution < 1.29 is 9.53 Å². The van der Waals surface area contributed by atoms with Crippen molar-refractivity contribution in [3.63, 3.8) is 0 Å². The van der Waals surface area contributed by atoms with Crippen LogP contribution in [0.3, 0.4) is 0 Å². The molecule has 0 unspecified atom stereocenters. The summed E-state index contributed by atoms with van der Waals surface area (Å²) in [6.45, 7) is 5.98. The first kappa shape index (κ1) is 21.3. The second-order valence-electron chi connectivity index (χ2n) is 7.62. The molecule has 0 atom stereocenters. The molecule has 1 aliphatic heterocycles. The minimum Gasteiger partial charge on any atom is -0.492 e. The van der Waals surface area contributed by atoms with E-state index in [2.05, 4.69) is 10.00 Å². The molecule has 2 aromatic carbocycles. The first-order valence-corrected chi connectivity index (χ1v) is 10.7. The van der Waals surface area contributed by atoms with Gasteiger partial charge in [-0.15, -0.1) is 0 Å². The summed E-state index contributed by atoms with van der Waals surface area (Å²) >= 11 is 5.88. The summed E-state index contributed by atoms with van der Waals surface area (Å²) in [4.78, 5) is 29.5. The number of aromatic nitrogens is 2. The SMILES string of the molecule is Cc1nn(CC(=O)N2CCN(CCOc3ccc(Cl)cc3)CC2)c(=O)c2ccccc12. The number of fused-ring (bicyclic) bond motifs is 1. The van der Waals surface area contributed by atoms with Crippen molar-refractivity contribution in [1.82, 2.24) is 19.6 Å². The van der Waals surface area contributed by atoms with Crippen molar-refractivity contribution in [3.05, 3.63) is 69.6 Å². The quantitative estimate of drug-likeness (QED) is 0.589. The number of hydrogen-bond acceptors (Lipinski definition) is 5. The smallest absolute Gasteiger partial charge is 0.275 e. The van der Waals surface area contributed by atoms with Crippen LogP contribution in [0, 0.1) is 6.92 Å². The van der Waals surface area contributed by atoms with Gasteiger partial charge in [-0.1, -0.05) is 29.8 Å². The van der Waals surface area contributed by atoms with E-state index in [1.807, 2.05) is 37.3 Å². The van der Waals surface area contributed by atoms with Gasteiger partial charge in [0.1, 0.15) is 18.9 Å². The molecule has 0 N–H and O–H groups in total. The number of amides is 1. The third-order valence-electron chi connectivity index (χ3n) is 5.55. The average Bonchev–Trinajstić information content (AvgIpc) is 2.79. The van der Waals surface area contributed by atoms with Crippen LogP contribution in [0.25, 0.3) is 10.8 Å². The van der Waals surface area contributed by atoms with Gasteiger partial charge in [0.05, 0.1) is 11.1 Å². The Bertz CT molecular complexity index is 1120. The molecule has 0 aliphatic carbocycles. The minimum atomic E-state index is -0.229. The Hall–Kier alpha value is -2.90. The highest BCUT2D eigenvalue weighted by Crippen LogP contribution is 2.15. The maximum atomic E-state index is 12.8. The standard InChI is InChI=1S/C23H25ClN4O3/c1-17-20-4-2-3-5-21(20)23(30)28(25-17)16-22(29)27-12-10-26(11-13-27)14-15-31-19-8-6-18(24)7-9-19/h2-9H,10-16H2,1H3. The Morgan fingerprint density at radius 2 is 1.71 bits per heavy atom. The second kappa shape index (κ2) is 9.49. The van der Waals surface area contributed by atoms with Crippen LogP contribution >= 0.6 is 11.6 Å². The lowest BCUT2D eigenvalue weighted by atomic mass is 10.1. The van der Waals surface area contributed by atoms with Crippen molar-refractivity contribution >= 4 is 28.3 Å². The molecule has 1 aromatic heterocycles. The van der Waals surface area contributed by atoms with Crippen molar-refractivity contribution in [2.45, 2.75) is 13.5 Å². The van der Waals surface area contributed by atoms with E-state index in [0.29, 0.717) is 30.1 Å². The molecule has 3 aromatic rings. The number of hydrogen-bond donors (Lipinski definition) is 0. The Balaban J connectivity index is 1.28. The summed E-state index contributed by atoms with van der Waals surface area (Å²) < 4.78 is 7.03. The Morgan fingerprint density at radius 1 is 1.03 bits per heavy atom. The highest BCUT2D eigenvalue weighted by Gasteiger charge is 2.22. The van der Waals surface area contributed by atoms with Crippen LogP contribution in [0.15, 0.2) is 53.3 Å². The van der Waals surface area contributed by atoms with E-state index in [0.717, 1.165) is 36.5 Å². The number of halogens is 1. The summed E-state index contributed by atoms with van der Waals surface area (Å²) in [7, 11) is 0. The maximum absolute atomic E-state index is 12.8. The van der Waals surface area contributed by atoms with Gasteiger partial charge in [0.15, 0.2) is 0 Å². The summed E-state index contributed by atoms with van der Waals surface area (Å²) in [6, 6.07) is 14.7. The maximum Gasteiger partial charge on any atom is 0.275 e. The van der Waals surface area contributed by atoms with Gasteiger partial charge in [0.25, 0.3) is 5.56 Å². The van der Waals surface area contributed by atoms with Crippen LogP contribution in [0.4, 0.5) is 0 Å². The molecule has 162 valence electrons. The Kier molecular flexibility index (Phi) is 6.53. The van der Waals surface area contributed by atoms with Gasteiger partial charge in [-0.05, 0) is 37.3 Å². The van der Waals surface area contributed by atoms with E-state index in [1.165, 1.54) is 4.68 Å². The number of piperazine rings is 1. The monoisotopic (exact) mass is 440 g/mol. The van der Waals surface area contributed by atoms with E-state index in [9.17, 15) is 9.59 Å². The summed E-state index contributed by atoms with van der Waals surface area (Å²) in [5.41, 5.74) is 0.515. The predicted molar refractivity (Wildman–Crippen MR) is 121 cm³/mol. The minimum absolute atomic E-state index is 0.0375. The Morgan fingerprint density at radius 3 is 2.42 bits per heavy atom. The fraction of sp³-hybridized carbons (Fsp3) is 0.348. The number of benzene rings is 2. The zero-order chi connectivity index (χ0) is 21.8. The van der Waals surface area contributed by atoms with Gasteiger partial charge in [0, 0.05) is 43.1 Å². The van der Waals surface area contributed by atoms with E-state index in [-0.39, 0.29) is 18.0 Å². The molecule has 7 nitrogen and oxygen atoms in total. The normalized spacial score (nSPS) is 14.7. The van der Waals surface area contributed by atoms with Crippen molar-refractivity contribution in [2.24, 2.45) is 0 Å². The number of carbonyl (C=O) groups is 1. The van der Waals surface area contributed by atoms with Crippen molar-refractivity contribution in [2.75, 3.05) is 39.3 Å². The molecule has 1 aliphatic rings. The van der Waals surface area contributed by atoms with Crippen LogP contribution in [0.2, 0.25) is 5.02 Å². The molecule has 0 bridgehead atoms. The molecular weight excluding hydrogens is 416 g/mol. The van der Waals surface area contributed by atoms with Crippen LogP contribution in [0.5, 0.6) is 5.75 Å². The van der Waals surface area contributed by atoms with E-state index < -0.39 is 0 Å². The van der Waals surface area contributed by atoms with Crippen LogP contribution in [0.1, 0.15) is 5.69 Å². The van der Waals surface area contributed by atoms with Crippen molar-refractivity contribution in [1.29, 1.82) is 0 Å². The van der Waals surface area contributed by atoms with E-state index in [4.69, 9.17) is 16.3 Å². The highest BCUT2D eigenvalue weighted by atomic mass is 35.5. The Labute approximate surface area is 185 Å². The number of ether oxygens (including phenoxy) is 1. The van der Waals surface area contributed by atoms with Gasteiger partial charge in [-0.25, -0.2) is 4.68 Å². The number of nitrogens with zero attached hydrogens (tertiary/aromatic N) is 4. The van der Waals surface area contributed by atoms with Gasteiger partial charge in [0.2, 0.25) is 5.91 Å². The van der Waals surface area contributed by atoms with E-state index >= 15 is 0 Å². The fourth-order valence-electron chi connectivity index (χ4n) is 3.78. The molecule has 31 heavy (non-hydrogen) atoms. The molecule has 0 radical (unpaired) electrons. The molecule has 1 saturated heterocycles. The zero-order valence-corrected chi connectivity index (χ0v) is 18.2. The zero-order valence-electron chi connectivity index (χ0n) is 17.5. The first-order chi connectivity index (χ1) is 15.0. The molecule has 8 heteroatoms. The molecule has 0 spiro atoms. The fourth-order valence-corrected chi connectivity index (χ4v) is 3.91. The second-order valence-corrected chi connectivity index (χ2v) is 8.06. The summed E-state index contributed by atoms with van der Waals surface area (Å²) in [5.74, 6) is 0.711. The highest BCUT2D eigenvalue weighted by molar-refractivity contribution is 6.30. The lowest BCUT2D eigenvalue weighted by Gasteiger charge is -2.34. The number of rotatable bonds is 6. The van der Waals surface area contributed by atoms with E-state index in [1.54, 1.807) is 23.1 Å². The van der Waals surface area contributed by atoms with Gasteiger partial charge >= 0.3 is 0 Å². The largest absolute Gasteiger partial charge is 0.492 e. The molecule has 1 fully saturated rings. The van der Waals surface area contributed by atoms with Crippen molar-refractivity contribution in [3.8, 4) is 5.75 Å². The van der Waals surface area contributed by atoms with Gasteiger partial charge < -0.3 is 9.64 Å². The van der Waals surface area contributed by atoms with Gasteiger partial charge in [-0.2, -0.15) is 5.10 Å². The molecule has 4 rings (SSSR count). The molecule has 1 amide bonds. The molecule has 2 heterocycles. The summed E-state index contributed by atoms with van der Waals surface area (Å²) in [6.07, 6.45) is 0. The topological polar surface area (TPSA) is 67.7 Å². The van der Waals surface area contributed by atoms with Gasteiger partial charge in [-0.3, -0.25) is 14.5 Å². The number of carbonyl (C=O) groups excluding carboxylic acids is 1. The first-order valence-electron chi connectivity index (χ1n) is 10.4. The third-order valence-corrected chi connectivity index (χ3v) is 5.80. The molecular formula is C23H25ClN4O3. The lowest BCUT2D eigenvalue weighted by Crippen LogP contribution is -2.50. The average molecular weight is 441 g/mol. The number of aryl methyl sites for hydroxylation is 1. The lowest BCUT2D eigenvalue weighted by molar-refractivity contribution is -0.133. The molecule has 0 saturated carbocycles. The predicted octanol–water partition coefficient (Wildman–Crippen LogP) is 2.58. The summed E-state index contributed by atoms with van der Waals surface area (Å²) in [5, 5.41) is 6.45. The van der Waals surface area contributed by atoms with Crippen LogP contribution in [-0.4, -0.2) is 64.8 Å².